The largest absolute Gasteiger partial charge is 0.444 e. The predicted molar refractivity (Wildman–Crippen MR) is 78.6 cm³/mol. The zero-order valence-corrected chi connectivity index (χ0v) is 11.8. The molecular formula is C17H15NO4. The summed E-state index contributed by atoms with van der Waals surface area (Å²) in [7, 11) is 0. The minimum atomic E-state index is -0.746. The van der Waals surface area contributed by atoms with E-state index < -0.39 is 18.1 Å². The van der Waals surface area contributed by atoms with Crippen molar-refractivity contribution in [1.82, 2.24) is 4.90 Å². The van der Waals surface area contributed by atoms with Gasteiger partial charge in [-0.2, -0.15) is 0 Å². The van der Waals surface area contributed by atoms with Gasteiger partial charge < -0.3 is 9.47 Å². The van der Waals surface area contributed by atoms with Crippen LogP contribution in [0.15, 0.2) is 60.7 Å². The molecule has 22 heavy (non-hydrogen) atoms. The summed E-state index contributed by atoms with van der Waals surface area (Å²) in [4.78, 5) is 25.4. The van der Waals surface area contributed by atoms with Gasteiger partial charge >= 0.3 is 12.1 Å². The number of carbonyl (C=O) groups excluding carboxylic acids is 2. The van der Waals surface area contributed by atoms with Crippen LogP contribution in [0, 0.1) is 0 Å². The highest BCUT2D eigenvalue weighted by Crippen LogP contribution is 2.28. The molecule has 1 amide bonds. The Balaban J connectivity index is 1.70. The lowest BCUT2D eigenvalue weighted by atomic mass is 10.1. The van der Waals surface area contributed by atoms with Crippen LogP contribution in [0.3, 0.4) is 0 Å². The molecule has 0 bridgehead atoms. The Hall–Kier alpha value is -2.82. The van der Waals surface area contributed by atoms with E-state index in [-0.39, 0.29) is 13.3 Å². The van der Waals surface area contributed by atoms with Crippen molar-refractivity contribution in [2.45, 2.75) is 12.6 Å². The fourth-order valence-corrected chi connectivity index (χ4v) is 2.33. The lowest BCUT2D eigenvalue weighted by Crippen LogP contribution is -2.32. The molecule has 0 unspecified atom stereocenters. The summed E-state index contributed by atoms with van der Waals surface area (Å²) in [5.41, 5.74) is 1.60. The summed E-state index contributed by atoms with van der Waals surface area (Å²) in [5.74, 6) is -0.442. The van der Waals surface area contributed by atoms with Crippen LogP contribution in [0.4, 0.5) is 4.79 Å². The maximum atomic E-state index is 12.2. The van der Waals surface area contributed by atoms with E-state index in [4.69, 9.17) is 9.47 Å². The van der Waals surface area contributed by atoms with E-state index in [1.807, 2.05) is 48.5 Å². The van der Waals surface area contributed by atoms with Crippen LogP contribution in [-0.4, -0.2) is 23.7 Å². The Labute approximate surface area is 128 Å². The van der Waals surface area contributed by atoms with Crippen molar-refractivity contribution < 1.29 is 19.1 Å². The standard InChI is InChI=1S/C17H15NO4/c19-16-15(14-9-5-2-6-10-14)18(12-22-16)17(20)21-11-13-7-3-1-4-8-13/h1-10,15H,11-12H2/t15-/m0/s1. The fraction of sp³-hybridized carbons (Fsp3) is 0.176. The Morgan fingerprint density at radius 2 is 1.73 bits per heavy atom. The molecule has 0 aliphatic carbocycles. The zero-order chi connectivity index (χ0) is 15.4. The Kier molecular flexibility index (Phi) is 4.05. The van der Waals surface area contributed by atoms with Crippen LogP contribution in [0.25, 0.3) is 0 Å². The molecule has 5 heteroatoms. The van der Waals surface area contributed by atoms with Crippen molar-refractivity contribution in [2.24, 2.45) is 0 Å². The van der Waals surface area contributed by atoms with E-state index in [0.29, 0.717) is 5.56 Å². The third-order valence-corrected chi connectivity index (χ3v) is 3.44. The van der Waals surface area contributed by atoms with E-state index in [0.717, 1.165) is 5.56 Å². The molecule has 3 rings (SSSR count). The van der Waals surface area contributed by atoms with Crippen LogP contribution in [0.1, 0.15) is 17.2 Å². The second kappa shape index (κ2) is 6.30. The van der Waals surface area contributed by atoms with Crippen LogP contribution in [0.2, 0.25) is 0 Å². The number of amides is 1. The van der Waals surface area contributed by atoms with Gasteiger partial charge in [-0.05, 0) is 11.1 Å². The number of hydrogen-bond donors (Lipinski definition) is 0. The van der Waals surface area contributed by atoms with Crippen LogP contribution in [-0.2, 0) is 20.9 Å². The highest BCUT2D eigenvalue weighted by atomic mass is 16.6. The normalized spacial score (nSPS) is 17.2. The average molecular weight is 297 g/mol. The topological polar surface area (TPSA) is 55.8 Å². The summed E-state index contributed by atoms with van der Waals surface area (Å²) in [6.07, 6.45) is -0.566. The highest BCUT2D eigenvalue weighted by molar-refractivity contribution is 5.85. The van der Waals surface area contributed by atoms with E-state index in [1.165, 1.54) is 4.90 Å². The summed E-state index contributed by atoms with van der Waals surface area (Å²) in [6, 6.07) is 17.7. The zero-order valence-electron chi connectivity index (χ0n) is 11.8. The number of hydrogen-bond acceptors (Lipinski definition) is 4. The first-order chi connectivity index (χ1) is 10.8. The van der Waals surface area contributed by atoms with Gasteiger partial charge in [0.2, 0.25) is 0 Å². The molecule has 0 radical (unpaired) electrons. The molecule has 2 aromatic carbocycles. The van der Waals surface area contributed by atoms with Gasteiger partial charge in [-0.15, -0.1) is 0 Å². The van der Waals surface area contributed by atoms with Gasteiger partial charge in [0, 0.05) is 0 Å². The first kappa shape index (κ1) is 14.1. The number of esters is 1. The molecule has 5 nitrogen and oxygen atoms in total. The average Bonchev–Trinajstić information content (AvgIpc) is 2.96. The molecule has 2 aromatic rings. The SMILES string of the molecule is O=C1OCN(C(=O)OCc2ccccc2)[C@H]1c1ccccc1. The number of nitrogens with zero attached hydrogens (tertiary/aromatic N) is 1. The number of ether oxygens (including phenoxy) is 2. The van der Waals surface area contributed by atoms with Crippen LogP contribution in [0.5, 0.6) is 0 Å². The van der Waals surface area contributed by atoms with Crippen molar-refractivity contribution in [3.05, 3.63) is 71.8 Å². The molecule has 1 aliphatic rings. The molecule has 1 atom stereocenters. The maximum absolute atomic E-state index is 12.2. The first-order valence-electron chi connectivity index (χ1n) is 6.94. The van der Waals surface area contributed by atoms with Gasteiger partial charge in [0.25, 0.3) is 0 Å². The summed E-state index contributed by atoms with van der Waals surface area (Å²) in [5, 5.41) is 0. The molecule has 0 aromatic heterocycles. The summed E-state index contributed by atoms with van der Waals surface area (Å²) in [6.45, 7) is 0.0674. The van der Waals surface area contributed by atoms with Gasteiger partial charge in [-0.3, -0.25) is 4.90 Å². The first-order valence-corrected chi connectivity index (χ1v) is 6.94. The maximum Gasteiger partial charge on any atom is 0.413 e. The van der Waals surface area contributed by atoms with Gasteiger partial charge in [0.05, 0.1) is 0 Å². The number of carbonyl (C=O) groups is 2. The minimum Gasteiger partial charge on any atom is -0.444 e. The molecular weight excluding hydrogens is 282 g/mol. The summed E-state index contributed by atoms with van der Waals surface area (Å²) >= 11 is 0. The monoisotopic (exact) mass is 297 g/mol. The Morgan fingerprint density at radius 3 is 2.41 bits per heavy atom. The van der Waals surface area contributed by atoms with E-state index in [1.54, 1.807) is 12.1 Å². The molecule has 1 aliphatic heterocycles. The van der Waals surface area contributed by atoms with Crippen molar-refractivity contribution in [1.29, 1.82) is 0 Å². The van der Waals surface area contributed by atoms with E-state index >= 15 is 0 Å². The van der Waals surface area contributed by atoms with Gasteiger partial charge in [-0.25, -0.2) is 9.59 Å². The number of benzene rings is 2. The summed E-state index contributed by atoms with van der Waals surface area (Å²) < 4.78 is 10.3. The Bertz CT molecular complexity index is 657. The third kappa shape index (κ3) is 2.93. The lowest BCUT2D eigenvalue weighted by molar-refractivity contribution is -0.139. The van der Waals surface area contributed by atoms with Gasteiger partial charge in [-0.1, -0.05) is 60.7 Å². The van der Waals surface area contributed by atoms with E-state index in [2.05, 4.69) is 0 Å². The van der Waals surface area contributed by atoms with Crippen molar-refractivity contribution >= 4 is 12.1 Å². The van der Waals surface area contributed by atoms with Gasteiger partial charge in [0.1, 0.15) is 6.61 Å². The Morgan fingerprint density at radius 1 is 1.09 bits per heavy atom. The molecule has 0 N–H and O–H groups in total. The quantitative estimate of drug-likeness (QED) is 0.817. The third-order valence-electron chi connectivity index (χ3n) is 3.44. The van der Waals surface area contributed by atoms with Crippen LogP contribution >= 0.6 is 0 Å². The minimum absolute atomic E-state index is 0.0913. The molecule has 0 saturated carbocycles. The predicted octanol–water partition coefficient (Wildman–Crippen LogP) is 2.88. The molecule has 1 fully saturated rings. The number of cyclic esters (lactones) is 1. The second-order valence-electron chi connectivity index (χ2n) is 4.92. The highest BCUT2D eigenvalue weighted by Gasteiger charge is 2.39. The smallest absolute Gasteiger partial charge is 0.413 e. The van der Waals surface area contributed by atoms with Gasteiger partial charge in [0.15, 0.2) is 12.8 Å². The second-order valence-corrected chi connectivity index (χ2v) is 4.92. The molecule has 0 spiro atoms. The van der Waals surface area contributed by atoms with Crippen molar-refractivity contribution in [3.63, 3.8) is 0 Å². The fourth-order valence-electron chi connectivity index (χ4n) is 2.33. The van der Waals surface area contributed by atoms with Crippen molar-refractivity contribution in [2.75, 3.05) is 6.73 Å². The molecule has 1 heterocycles. The van der Waals surface area contributed by atoms with Crippen LogP contribution < -0.4 is 0 Å². The number of rotatable bonds is 3. The molecule has 1 saturated heterocycles. The van der Waals surface area contributed by atoms with E-state index in [9.17, 15) is 9.59 Å². The van der Waals surface area contributed by atoms with Crippen molar-refractivity contribution in [3.8, 4) is 0 Å². The molecule has 112 valence electrons. The lowest BCUT2D eigenvalue weighted by Gasteiger charge is -2.19.